The van der Waals surface area contributed by atoms with Crippen LogP contribution in [-0.2, 0) is 0 Å². The molecule has 0 amide bonds. The van der Waals surface area contributed by atoms with Crippen molar-refractivity contribution in [3.63, 3.8) is 0 Å². The largest absolute Gasteiger partial charge is 0.257 e. The Morgan fingerprint density at radius 2 is 2.00 bits per heavy atom. The van der Waals surface area contributed by atoms with E-state index in [2.05, 4.69) is 37.0 Å². The van der Waals surface area contributed by atoms with Gasteiger partial charge in [-0.2, -0.15) is 0 Å². The van der Waals surface area contributed by atoms with Crippen LogP contribution in [0.2, 0.25) is 0 Å². The number of aromatic nitrogens is 1. The maximum atomic E-state index is 4.30. The van der Waals surface area contributed by atoms with Gasteiger partial charge in [-0.1, -0.05) is 32.1 Å². The summed E-state index contributed by atoms with van der Waals surface area (Å²) in [7, 11) is 0. The van der Waals surface area contributed by atoms with E-state index in [1.54, 1.807) is 0 Å². The minimum absolute atomic E-state index is 1.04. The molecule has 1 aromatic heterocycles. The topological polar surface area (TPSA) is 12.9 Å². The molecule has 0 N–H and O–H groups in total. The zero-order valence-corrected chi connectivity index (χ0v) is 7.75. The van der Waals surface area contributed by atoms with Gasteiger partial charge in [0.25, 0.3) is 0 Å². The van der Waals surface area contributed by atoms with Crippen LogP contribution in [0, 0.1) is 0 Å². The highest BCUT2D eigenvalue weighted by Crippen LogP contribution is 1.76. The highest BCUT2D eigenvalue weighted by molar-refractivity contribution is 5.27. The molecule has 1 heteroatoms. The molecule has 0 aromatic carbocycles. The Bertz CT molecular complexity index is 303. The second kappa shape index (κ2) is 4.70. The first kappa shape index (κ1) is 8.98. The fourth-order valence-corrected chi connectivity index (χ4v) is 1.19. The van der Waals surface area contributed by atoms with Gasteiger partial charge in [0.2, 0.25) is 0 Å². The van der Waals surface area contributed by atoms with Crippen molar-refractivity contribution in [1.82, 2.24) is 4.98 Å². The van der Waals surface area contributed by atoms with Crippen molar-refractivity contribution in [1.29, 1.82) is 0 Å². The fraction of sp³-hybridized carbons (Fsp3) is 0.364. The molecule has 0 bridgehead atoms. The number of nitrogens with zero attached hydrogens (tertiary/aromatic N) is 1. The maximum Gasteiger partial charge on any atom is 0.0658 e. The molecule has 0 spiro atoms. The third-order valence-corrected chi connectivity index (χ3v) is 1.69. The molecular weight excluding hydrogens is 146 g/mol. The van der Waals surface area contributed by atoms with Gasteiger partial charge in [-0.25, -0.2) is 0 Å². The van der Waals surface area contributed by atoms with Gasteiger partial charge in [0.1, 0.15) is 0 Å². The SMILES string of the molecule is CC/C=c1/cccn/c1=C/CC. The predicted molar refractivity (Wildman–Crippen MR) is 53.0 cm³/mol. The summed E-state index contributed by atoms with van der Waals surface area (Å²) in [4.78, 5) is 4.30. The van der Waals surface area contributed by atoms with E-state index < -0.39 is 0 Å². The van der Waals surface area contributed by atoms with E-state index in [-0.39, 0.29) is 0 Å². The molecular formula is C11H15N. The van der Waals surface area contributed by atoms with Crippen molar-refractivity contribution < 1.29 is 0 Å². The van der Waals surface area contributed by atoms with E-state index >= 15 is 0 Å². The molecule has 0 aliphatic heterocycles. The van der Waals surface area contributed by atoms with Crippen LogP contribution in [0.15, 0.2) is 18.3 Å². The van der Waals surface area contributed by atoms with Crippen molar-refractivity contribution in [2.45, 2.75) is 26.7 Å². The number of rotatable bonds is 2. The van der Waals surface area contributed by atoms with Gasteiger partial charge in [0.05, 0.1) is 5.35 Å². The Morgan fingerprint density at radius 3 is 2.67 bits per heavy atom. The highest BCUT2D eigenvalue weighted by atomic mass is 14.6. The second-order valence-electron chi connectivity index (χ2n) is 2.70. The number of hydrogen-bond donors (Lipinski definition) is 0. The molecule has 0 saturated carbocycles. The molecule has 64 valence electrons. The molecule has 1 rings (SSSR count). The van der Waals surface area contributed by atoms with Crippen LogP contribution >= 0.6 is 0 Å². The molecule has 0 saturated heterocycles. The van der Waals surface area contributed by atoms with E-state index in [9.17, 15) is 0 Å². The lowest BCUT2D eigenvalue weighted by Crippen LogP contribution is -2.27. The lowest BCUT2D eigenvalue weighted by atomic mass is 10.2. The van der Waals surface area contributed by atoms with Crippen molar-refractivity contribution in [3.8, 4) is 0 Å². The molecule has 0 atom stereocenters. The third kappa shape index (κ3) is 2.19. The van der Waals surface area contributed by atoms with Crippen LogP contribution in [0.5, 0.6) is 0 Å². The summed E-state index contributed by atoms with van der Waals surface area (Å²) in [6.07, 6.45) is 8.31. The van der Waals surface area contributed by atoms with Crippen molar-refractivity contribution in [2.24, 2.45) is 0 Å². The van der Waals surface area contributed by atoms with Gasteiger partial charge in [0.15, 0.2) is 0 Å². The summed E-state index contributed by atoms with van der Waals surface area (Å²) in [5.74, 6) is 0. The normalized spacial score (nSPS) is 13.8. The third-order valence-electron chi connectivity index (χ3n) is 1.69. The molecule has 0 fully saturated rings. The van der Waals surface area contributed by atoms with Crippen molar-refractivity contribution >= 4 is 12.2 Å². The van der Waals surface area contributed by atoms with Gasteiger partial charge in [-0.15, -0.1) is 0 Å². The summed E-state index contributed by atoms with van der Waals surface area (Å²) in [5, 5.41) is 2.36. The molecule has 0 radical (unpaired) electrons. The predicted octanol–water partition coefficient (Wildman–Crippen LogP) is 1.46. The zero-order chi connectivity index (χ0) is 8.81. The molecule has 1 heterocycles. The molecule has 0 aliphatic rings. The first-order chi connectivity index (χ1) is 5.88. The lowest BCUT2D eigenvalue weighted by molar-refractivity contribution is 1.17. The van der Waals surface area contributed by atoms with Crippen LogP contribution in [0.25, 0.3) is 12.2 Å². The number of hydrogen-bond acceptors (Lipinski definition) is 1. The van der Waals surface area contributed by atoms with Crippen LogP contribution < -0.4 is 10.6 Å². The van der Waals surface area contributed by atoms with Gasteiger partial charge in [-0.3, -0.25) is 4.98 Å². The summed E-state index contributed by atoms with van der Waals surface area (Å²) in [6.45, 7) is 4.27. The summed E-state index contributed by atoms with van der Waals surface area (Å²) < 4.78 is 0. The Labute approximate surface area is 73.5 Å². The Balaban J connectivity index is 3.28. The van der Waals surface area contributed by atoms with Crippen molar-refractivity contribution in [3.05, 3.63) is 28.9 Å². The van der Waals surface area contributed by atoms with Gasteiger partial charge < -0.3 is 0 Å². The standard InChI is InChI=1S/C11H15N/c1-3-6-10-8-5-9-12-11(10)7-4-2/h5-9H,3-4H2,1-2H3/b10-6-,11-7+. The summed E-state index contributed by atoms with van der Waals surface area (Å²) in [5.41, 5.74) is 0. The van der Waals surface area contributed by atoms with Crippen molar-refractivity contribution in [2.75, 3.05) is 0 Å². The fourth-order valence-electron chi connectivity index (χ4n) is 1.19. The zero-order valence-electron chi connectivity index (χ0n) is 7.75. The van der Waals surface area contributed by atoms with E-state index in [4.69, 9.17) is 0 Å². The Morgan fingerprint density at radius 1 is 1.25 bits per heavy atom. The quantitative estimate of drug-likeness (QED) is 0.640. The van der Waals surface area contributed by atoms with Crippen LogP contribution in [0.1, 0.15) is 26.7 Å². The lowest BCUT2D eigenvalue weighted by Gasteiger charge is -1.88. The van der Waals surface area contributed by atoms with Crippen LogP contribution in [0.4, 0.5) is 0 Å². The van der Waals surface area contributed by atoms with E-state index in [0.717, 1.165) is 18.2 Å². The van der Waals surface area contributed by atoms with Gasteiger partial charge in [-0.05, 0) is 24.1 Å². The maximum absolute atomic E-state index is 4.30. The van der Waals surface area contributed by atoms with E-state index in [0.29, 0.717) is 0 Å². The average molecular weight is 161 g/mol. The van der Waals surface area contributed by atoms with E-state index in [1.165, 1.54) is 5.22 Å². The minimum atomic E-state index is 1.04. The first-order valence-corrected chi connectivity index (χ1v) is 4.50. The highest BCUT2D eigenvalue weighted by Gasteiger charge is 1.82. The molecule has 1 nitrogen and oxygen atoms in total. The molecule has 0 unspecified atom stereocenters. The summed E-state index contributed by atoms with van der Waals surface area (Å²) >= 11 is 0. The van der Waals surface area contributed by atoms with Crippen LogP contribution in [0.3, 0.4) is 0 Å². The number of pyridine rings is 1. The second-order valence-corrected chi connectivity index (χ2v) is 2.70. The molecule has 1 aromatic rings. The monoisotopic (exact) mass is 161 g/mol. The minimum Gasteiger partial charge on any atom is -0.257 e. The Hall–Kier alpha value is -1.11. The molecule has 12 heavy (non-hydrogen) atoms. The van der Waals surface area contributed by atoms with E-state index in [1.807, 2.05) is 12.3 Å². The summed E-state index contributed by atoms with van der Waals surface area (Å²) in [6, 6.07) is 4.09. The van der Waals surface area contributed by atoms with Gasteiger partial charge in [0, 0.05) is 6.20 Å². The smallest absolute Gasteiger partial charge is 0.0658 e. The average Bonchev–Trinajstić information content (AvgIpc) is 2.09. The molecule has 0 aliphatic carbocycles. The van der Waals surface area contributed by atoms with Crippen LogP contribution in [-0.4, -0.2) is 4.98 Å². The first-order valence-electron chi connectivity index (χ1n) is 4.50. The van der Waals surface area contributed by atoms with Gasteiger partial charge >= 0.3 is 0 Å². The Kier molecular flexibility index (Phi) is 3.52.